The van der Waals surface area contributed by atoms with Gasteiger partial charge in [-0.05, 0) is 50.7 Å². The zero-order chi connectivity index (χ0) is 30.1. The molecule has 0 aliphatic carbocycles. The number of hydrogen-bond acceptors (Lipinski definition) is 11. The molecule has 15 heteroatoms. The van der Waals surface area contributed by atoms with Crippen molar-refractivity contribution in [2.75, 3.05) is 26.4 Å². The molecular weight excluding hydrogens is 589 g/mol. The lowest BCUT2D eigenvalue weighted by molar-refractivity contribution is -0.142. The van der Waals surface area contributed by atoms with Gasteiger partial charge >= 0.3 is 32.7 Å². The van der Waals surface area contributed by atoms with Gasteiger partial charge in [-0.25, -0.2) is 4.79 Å². The summed E-state index contributed by atoms with van der Waals surface area (Å²) >= 11 is 0. The minimum Gasteiger partial charge on any atom is -0.466 e. The first kappa shape index (κ1) is 38.4. The highest BCUT2D eigenvalue weighted by atomic mass is 28.5. The SMILES string of the molecule is C=C(C)C(=O)OCCC[Si](O[SiH2]CCCCOC(C)=O)(O[SiH2]CCCCOC(C)=O)O[SiH2]CCCCOC(C)=O. The maximum Gasteiger partial charge on any atom is 0.468 e. The summed E-state index contributed by atoms with van der Waals surface area (Å²) in [7, 11) is -5.75. The second kappa shape index (κ2) is 25.1. The van der Waals surface area contributed by atoms with Gasteiger partial charge in [0.25, 0.3) is 0 Å². The first-order valence-electron chi connectivity index (χ1n) is 14.2. The Morgan fingerprint density at radius 1 is 0.550 bits per heavy atom. The molecule has 0 unspecified atom stereocenters. The van der Waals surface area contributed by atoms with Crippen LogP contribution < -0.4 is 0 Å². The van der Waals surface area contributed by atoms with Gasteiger partial charge in [0.1, 0.15) is 0 Å². The van der Waals surface area contributed by atoms with Crippen LogP contribution in [-0.4, -0.2) is 88.4 Å². The summed E-state index contributed by atoms with van der Waals surface area (Å²) in [5.74, 6) is -1.24. The third-order valence-corrected chi connectivity index (χ3v) is 16.5. The van der Waals surface area contributed by atoms with Crippen molar-refractivity contribution in [3.05, 3.63) is 12.2 Å². The van der Waals surface area contributed by atoms with Gasteiger partial charge in [0.2, 0.25) is 0 Å². The van der Waals surface area contributed by atoms with Crippen LogP contribution in [0.4, 0.5) is 0 Å². The van der Waals surface area contributed by atoms with Crippen molar-refractivity contribution in [2.45, 2.75) is 96.8 Å². The molecule has 0 spiro atoms. The molecule has 11 nitrogen and oxygen atoms in total. The van der Waals surface area contributed by atoms with Crippen LogP contribution in [0.1, 0.15) is 72.6 Å². The molecule has 0 saturated heterocycles. The number of rotatable bonds is 26. The van der Waals surface area contributed by atoms with Crippen molar-refractivity contribution in [3.8, 4) is 0 Å². The number of hydrogen-bond donors (Lipinski definition) is 0. The average molecular weight is 639 g/mol. The summed E-state index contributed by atoms with van der Waals surface area (Å²) in [5.41, 5.74) is 0.357. The van der Waals surface area contributed by atoms with Crippen LogP contribution in [0, 0.1) is 0 Å². The number of ether oxygens (including phenoxy) is 4. The molecule has 0 N–H and O–H groups in total. The molecule has 0 atom stereocenters. The normalized spacial score (nSPS) is 13.2. The quantitative estimate of drug-likeness (QED) is 0.0453. The molecular formula is C25H50O11Si4. The Morgan fingerprint density at radius 3 is 1.23 bits per heavy atom. The van der Waals surface area contributed by atoms with Gasteiger partial charge in [0.15, 0.2) is 29.3 Å². The van der Waals surface area contributed by atoms with Crippen molar-refractivity contribution in [2.24, 2.45) is 0 Å². The van der Waals surface area contributed by atoms with Gasteiger partial charge in [-0.2, -0.15) is 0 Å². The lowest BCUT2D eigenvalue weighted by Crippen LogP contribution is -2.48. The van der Waals surface area contributed by atoms with E-state index in [-0.39, 0.29) is 24.5 Å². The number of carbonyl (C=O) groups is 4. The van der Waals surface area contributed by atoms with Crippen molar-refractivity contribution in [1.82, 2.24) is 0 Å². The summed E-state index contributed by atoms with van der Waals surface area (Å²) < 4.78 is 39.9. The molecule has 0 aliphatic rings. The fourth-order valence-electron chi connectivity index (χ4n) is 3.39. The van der Waals surface area contributed by atoms with Crippen LogP contribution in [-0.2, 0) is 50.5 Å². The van der Waals surface area contributed by atoms with E-state index < -0.39 is 44.1 Å². The van der Waals surface area contributed by atoms with E-state index in [4.69, 9.17) is 31.3 Å². The molecule has 0 rings (SSSR count). The zero-order valence-corrected chi connectivity index (χ0v) is 30.2. The summed E-state index contributed by atoms with van der Waals surface area (Å²) in [6.45, 7) is 10.9. The van der Waals surface area contributed by atoms with Gasteiger partial charge in [0, 0.05) is 32.4 Å². The molecule has 0 bridgehead atoms. The van der Waals surface area contributed by atoms with E-state index in [9.17, 15) is 19.2 Å². The van der Waals surface area contributed by atoms with Crippen molar-refractivity contribution < 1.29 is 50.5 Å². The van der Waals surface area contributed by atoms with Crippen LogP contribution in [0.15, 0.2) is 12.2 Å². The Balaban J connectivity index is 5.02. The van der Waals surface area contributed by atoms with Crippen molar-refractivity contribution >= 4 is 62.0 Å². The molecule has 0 saturated carbocycles. The van der Waals surface area contributed by atoms with E-state index in [1.807, 2.05) is 0 Å². The largest absolute Gasteiger partial charge is 0.468 e. The molecule has 0 heterocycles. The van der Waals surface area contributed by atoms with Gasteiger partial charge in [0.05, 0.1) is 26.4 Å². The highest BCUT2D eigenvalue weighted by Crippen LogP contribution is 2.20. The van der Waals surface area contributed by atoms with E-state index in [1.54, 1.807) is 6.92 Å². The van der Waals surface area contributed by atoms with Crippen LogP contribution in [0.3, 0.4) is 0 Å². The van der Waals surface area contributed by atoms with E-state index in [0.29, 0.717) is 37.9 Å². The summed E-state index contributed by atoms with van der Waals surface area (Å²) in [6.07, 6.45) is 5.66. The van der Waals surface area contributed by atoms with Gasteiger partial charge < -0.3 is 31.3 Å². The zero-order valence-electron chi connectivity index (χ0n) is 24.9. The summed E-state index contributed by atoms with van der Waals surface area (Å²) in [5, 5.41) is 0. The van der Waals surface area contributed by atoms with E-state index in [1.165, 1.54) is 20.8 Å². The number of carbonyl (C=O) groups excluding carboxylic acids is 4. The summed E-state index contributed by atoms with van der Waals surface area (Å²) in [6, 6.07) is 3.33. The molecule has 0 radical (unpaired) electrons. The molecule has 0 aromatic heterocycles. The second-order valence-electron chi connectivity index (χ2n) is 9.45. The monoisotopic (exact) mass is 638 g/mol. The highest BCUT2D eigenvalue weighted by Gasteiger charge is 2.39. The number of esters is 4. The molecule has 0 amide bonds. The van der Waals surface area contributed by atoms with Crippen LogP contribution in [0.25, 0.3) is 0 Å². The van der Waals surface area contributed by atoms with E-state index >= 15 is 0 Å². The van der Waals surface area contributed by atoms with Crippen LogP contribution >= 0.6 is 0 Å². The maximum atomic E-state index is 11.8. The Kier molecular flexibility index (Phi) is 24.1. The minimum atomic E-state index is -2.94. The first-order valence-corrected chi connectivity index (χ1v) is 20.9. The lowest BCUT2D eigenvalue weighted by atomic mass is 10.4. The second-order valence-corrected chi connectivity index (χ2v) is 18.1. The Morgan fingerprint density at radius 2 is 0.900 bits per heavy atom. The van der Waals surface area contributed by atoms with Crippen LogP contribution in [0.5, 0.6) is 0 Å². The summed E-state index contributed by atoms with van der Waals surface area (Å²) in [4.78, 5) is 44.7. The Bertz CT molecular complexity index is 683. The van der Waals surface area contributed by atoms with Crippen molar-refractivity contribution in [1.29, 1.82) is 0 Å². The highest BCUT2D eigenvalue weighted by molar-refractivity contribution is 6.73. The third kappa shape index (κ3) is 24.2. The molecule has 40 heavy (non-hydrogen) atoms. The molecule has 0 aromatic rings. The first-order chi connectivity index (χ1) is 19.1. The topological polar surface area (TPSA) is 133 Å². The Labute approximate surface area is 247 Å². The van der Waals surface area contributed by atoms with Crippen molar-refractivity contribution in [3.63, 3.8) is 0 Å². The predicted octanol–water partition coefficient (Wildman–Crippen LogP) is 2.02. The lowest BCUT2D eigenvalue weighted by Gasteiger charge is -2.31. The molecule has 0 fully saturated rings. The Hall–Kier alpha value is -1.63. The van der Waals surface area contributed by atoms with Gasteiger partial charge in [-0.3, -0.25) is 14.4 Å². The average Bonchev–Trinajstić information content (AvgIpc) is 2.88. The third-order valence-electron chi connectivity index (χ3n) is 5.46. The van der Waals surface area contributed by atoms with E-state index in [2.05, 4.69) is 6.58 Å². The predicted molar refractivity (Wildman–Crippen MR) is 162 cm³/mol. The van der Waals surface area contributed by atoms with E-state index in [0.717, 1.165) is 56.7 Å². The van der Waals surface area contributed by atoms with Crippen LogP contribution in [0.2, 0.25) is 24.2 Å². The fraction of sp³-hybridized carbons (Fsp3) is 0.760. The van der Waals surface area contributed by atoms with Gasteiger partial charge in [-0.1, -0.05) is 25.8 Å². The molecule has 232 valence electrons. The van der Waals surface area contributed by atoms with Gasteiger partial charge in [-0.15, -0.1) is 0 Å². The maximum absolute atomic E-state index is 11.8. The molecule has 0 aromatic carbocycles. The standard InChI is InChI=1S/C25H50O11Si4/c1-21(2)25(29)33-16-12-20-40(34-37-17-9-6-13-30-22(3)26,35-38-18-10-7-14-31-23(4)27)36-39-19-11-8-15-32-24(5)28/h1,6-20,37-39H2,2-5H3. The fourth-order valence-corrected chi connectivity index (χ4v) is 16.1. The number of unbranched alkanes of at least 4 members (excludes halogenated alkanes) is 3. The smallest absolute Gasteiger partial charge is 0.466 e. The molecule has 0 aliphatic heterocycles. The minimum absolute atomic E-state index is 0.244.